The van der Waals surface area contributed by atoms with Crippen molar-refractivity contribution in [2.45, 2.75) is 37.5 Å². The van der Waals surface area contributed by atoms with E-state index in [1.807, 2.05) is 36.9 Å². The number of carbonyl (C=O) groups excluding carboxylic acids is 1. The molecule has 0 aliphatic carbocycles. The molecule has 1 saturated heterocycles. The van der Waals surface area contributed by atoms with Crippen LogP contribution in [0.3, 0.4) is 0 Å². The Morgan fingerprint density at radius 1 is 1.43 bits per heavy atom. The van der Waals surface area contributed by atoms with Crippen LogP contribution in [0.1, 0.15) is 36.4 Å². The van der Waals surface area contributed by atoms with Crippen LogP contribution in [0.2, 0.25) is 0 Å². The molecule has 21 heavy (non-hydrogen) atoms. The Kier molecular flexibility index (Phi) is 4.58. The topological polar surface area (TPSA) is 50.4 Å². The smallest absolute Gasteiger partial charge is 0.315 e. The largest absolute Gasteiger partial charge is 0.493 e. The number of carbonyl (C=O) groups is 1. The van der Waals surface area contributed by atoms with Crippen LogP contribution < -0.4 is 15.4 Å². The molecule has 2 atom stereocenters. The van der Waals surface area contributed by atoms with E-state index in [2.05, 4.69) is 10.6 Å². The quantitative estimate of drug-likeness (QED) is 0.902. The lowest BCUT2D eigenvalue weighted by molar-refractivity contribution is 0.223. The van der Waals surface area contributed by atoms with Gasteiger partial charge in [-0.1, -0.05) is 18.2 Å². The maximum atomic E-state index is 12.1. The molecule has 1 aromatic carbocycles. The highest BCUT2D eigenvalue weighted by Gasteiger charge is 2.24. The molecule has 0 bridgehead atoms. The minimum atomic E-state index is -0.0677. The molecule has 4 nitrogen and oxygen atoms in total. The molecule has 0 spiro atoms. The van der Waals surface area contributed by atoms with Gasteiger partial charge in [-0.3, -0.25) is 0 Å². The molecule has 1 aromatic rings. The van der Waals surface area contributed by atoms with E-state index >= 15 is 0 Å². The third-order valence-corrected chi connectivity index (χ3v) is 5.49. The van der Waals surface area contributed by atoms with Gasteiger partial charge in [-0.15, -0.1) is 0 Å². The molecule has 114 valence electrons. The summed E-state index contributed by atoms with van der Waals surface area (Å²) in [6.45, 7) is 3.46. The van der Waals surface area contributed by atoms with Crippen molar-refractivity contribution in [1.29, 1.82) is 0 Å². The zero-order valence-electron chi connectivity index (χ0n) is 12.4. The zero-order chi connectivity index (χ0) is 14.7. The Labute approximate surface area is 130 Å². The lowest BCUT2D eigenvalue weighted by Gasteiger charge is -2.28. The van der Waals surface area contributed by atoms with E-state index in [1.54, 1.807) is 0 Å². The number of rotatable bonds is 3. The van der Waals surface area contributed by atoms with Crippen molar-refractivity contribution >= 4 is 17.8 Å². The maximum absolute atomic E-state index is 12.1. The number of amides is 2. The van der Waals surface area contributed by atoms with Crippen molar-refractivity contribution < 1.29 is 9.53 Å². The van der Waals surface area contributed by atoms with Crippen LogP contribution in [-0.4, -0.2) is 30.2 Å². The normalized spacial score (nSPS) is 24.0. The van der Waals surface area contributed by atoms with Gasteiger partial charge in [-0.25, -0.2) is 4.79 Å². The molecule has 2 aliphatic rings. The first-order valence-corrected chi connectivity index (χ1v) is 8.67. The minimum Gasteiger partial charge on any atom is -0.493 e. The molecule has 2 heterocycles. The number of fused-ring (bicyclic) bond motifs is 1. The average Bonchev–Trinajstić information content (AvgIpc) is 3.00. The predicted octanol–water partition coefficient (Wildman–Crippen LogP) is 3.01. The van der Waals surface area contributed by atoms with Gasteiger partial charge in [0.2, 0.25) is 0 Å². The first-order chi connectivity index (χ1) is 10.2. The number of hydrogen-bond acceptors (Lipinski definition) is 3. The molecule has 2 N–H and O–H groups in total. The van der Waals surface area contributed by atoms with E-state index in [0.717, 1.165) is 29.8 Å². The molecule has 3 rings (SSSR count). The first kappa shape index (κ1) is 14.6. The van der Waals surface area contributed by atoms with Crippen LogP contribution in [0.4, 0.5) is 4.79 Å². The number of thioether (sulfide) groups is 1. The summed E-state index contributed by atoms with van der Waals surface area (Å²) in [5.41, 5.74) is 2.22. The summed E-state index contributed by atoms with van der Waals surface area (Å²) in [4.78, 5) is 12.1. The molecular weight excluding hydrogens is 284 g/mol. The number of benzene rings is 1. The van der Waals surface area contributed by atoms with E-state index in [4.69, 9.17) is 4.74 Å². The van der Waals surface area contributed by atoms with Gasteiger partial charge < -0.3 is 15.4 Å². The Balaban J connectivity index is 1.58. The van der Waals surface area contributed by atoms with Crippen molar-refractivity contribution in [2.75, 3.05) is 18.9 Å². The highest BCUT2D eigenvalue weighted by Crippen LogP contribution is 2.34. The lowest BCUT2D eigenvalue weighted by Crippen LogP contribution is -2.41. The van der Waals surface area contributed by atoms with Gasteiger partial charge in [0.1, 0.15) is 5.75 Å². The fourth-order valence-corrected chi connectivity index (χ4v) is 4.15. The standard InChI is InChI=1S/C16H22N2O2S/c1-11-4-2-6-13-14(7-8-20-15(11)13)18-16(19)17-10-12-5-3-9-21-12/h2,4,6,12,14H,3,5,7-10H2,1H3,(H2,17,18,19)/t12?,14-/m1/s1. The van der Waals surface area contributed by atoms with Crippen LogP contribution >= 0.6 is 11.8 Å². The summed E-state index contributed by atoms with van der Waals surface area (Å²) >= 11 is 1.96. The minimum absolute atomic E-state index is 0.0462. The number of nitrogens with one attached hydrogen (secondary N) is 2. The van der Waals surface area contributed by atoms with E-state index in [0.29, 0.717) is 11.9 Å². The van der Waals surface area contributed by atoms with Crippen molar-refractivity contribution in [1.82, 2.24) is 10.6 Å². The van der Waals surface area contributed by atoms with Gasteiger partial charge in [0.25, 0.3) is 0 Å². The van der Waals surface area contributed by atoms with E-state index in [-0.39, 0.29) is 12.1 Å². The van der Waals surface area contributed by atoms with Gasteiger partial charge in [-0.05, 0) is 31.1 Å². The Bertz CT molecular complexity index is 515. The second-order valence-corrected chi connectivity index (χ2v) is 7.08. The molecule has 2 aliphatic heterocycles. The number of aryl methyl sites for hydroxylation is 1. The van der Waals surface area contributed by atoms with Gasteiger partial charge in [0.05, 0.1) is 12.6 Å². The number of ether oxygens (including phenoxy) is 1. The Hall–Kier alpha value is -1.36. The highest BCUT2D eigenvalue weighted by atomic mass is 32.2. The third kappa shape index (κ3) is 3.46. The Morgan fingerprint density at radius 2 is 2.33 bits per heavy atom. The van der Waals surface area contributed by atoms with E-state index in [9.17, 15) is 4.79 Å². The summed E-state index contributed by atoms with van der Waals surface area (Å²) < 4.78 is 5.73. The van der Waals surface area contributed by atoms with Gasteiger partial charge in [0.15, 0.2) is 0 Å². The van der Waals surface area contributed by atoms with Crippen molar-refractivity contribution in [3.8, 4) is 5.75 Å². The first-order valence-electron chi connectivity index (χ1n) is 7.62. The summed E-state index contributed by atoms with van der Waals surface area (Å²) in [6.07, 6.45) is 3.30. The van der Waals surface area contributed by atoms with E-state index in [1.165, 1.54) is 18.6 Å². The van der Waals surface area contributed by atoms with Crippen molar-refractivity contribution in [2.24, 2.45) is 0 Å². The van der Waals surface area contributed by atoms with Crippen LogP contribution in [0.25, 0.3) is 0 Å². The summed E-state index contributed by atoms with van der Waals surface area (Å²) in [6, 6.07) is 6.08. The van der Waals surface area contributed by atoms with Gasteiger partial charge in [-0.2, -0.15) is 11.8 Å². The van der Waals surface area contributed by atoms with Gasteiger partial charge >= 0.3 is 6.03 Å². The number of hydrogen-bond donors (Lipinski definition) is 2. The average molecular weight is 306 g/mol. The Morgan fingerprint density at radius 3 is 3.14 bits per heavy atom. The second kappa shape index (κ2) is 6.60. The maximum Gasteiger partial charge on any atom is 0.315 e. The number of para-hydroxylation sites is 1. The summed E-state index contributed by atoms with van der Waals surface area (Å²) in [5.74, 6) is 2.15. The second-order valence-electron chi connectivity index (χ2n) is 5.67. The molecular formula is C16H22N2O2S. The predicted molar refractivity (Wildman–Crippen MR) is 86.0 cm³/mol. The molecule has 0 aromatic heterocycles. The highest BCUT2D eigenvalue weighted by molar-refractivity contribution is 8.00. The monoisotopic (exact) mass is 306 g/mol. The fraction of sp³-hybridized carbons (Fsp3) is 0.562. The zero-order valence-corrected chi connectivity index (χ0v) is 13.2. The molecule has 1 unspecified atom stereocenters. The van der Waals surface area contributed by atoms with Gasteiger partial charge in [0, 0.05) is 23.8 Å². The molecule has 5 heteroatoms. The van der Waals surface area contributed by atoms with E-state index < -0.39 is 0 Å². The molecule has 0 radical (unpaired) electrons. The lowest BCUT2D eigenvalue weighted by atomic mass is 9.98. The van der Waals surface area contributed by atoms with Crippen LogP contribution in [0.5, 0.6) is 5.75 Å². The van der Waals surface area contributed by atoms with Crippen molar-refractivity contribution in [3.63, 3.8) is 0 Å². The van der Waals surface area contributed by atoms with Crippen LogP contribution in [0.15, 0.2) is 18.2 Å². The van der Waals surface area contributed by atoms with Crippen LogP contribution in [-0.2, 0) is 0 Å². The van der Waals surface area contributed by atoms with Crippen LogP contribution in [0, 0.1) is 6.92 Å². The summed E-state index contributed by atoms with van der Waals surface area (Å²) in [7, 11) is 0. The summed E-state index contributed by atoms with van der Waals surface area (Å²) in [5, 5.41) is 6.68. The molecule has 1 fully saturated rings. The SMILES string of the molecule is Cc1cccc2c1OCC[C@H]2NC(=O)NCC1CCCS1. The van der Waals surface area contributed by atoms with Crippen molar-refractivity contribution in [3.05, 3.63) is 29.3 Å². The molecule has 0 saturated carbocycles. The molecule has 2 amide bonds. The third-order valence-electron chi connectivity index (χ3n) is 4.09. The fourth-order valence-electron chi connectivity index (χ4n) is 2.95. The number of urea groups is 1.